The fourth-order valence-electron chi connectivity index (χ4n) is 2.31. The van der Waals surface area contributed by atoms with Gasteiger partial charge >= 0.3 is 0 Å². The zero-order valence-electron chi connectivity index (χ0n) is 10.9. The summed E-state index contributed by atoms with van der Waals surface area (Å²) >= 11 is 3.31. The van der Waals surface area contributed by atoms with Crippen LogP contribution in [0.4, 0.5) is 8.78 Å². The molecule has 1 heterocycles. The van der Waals surface area contributed by atoms with Gasteiger partial charge in [0.1, 0.15) is 0 Å². The van der Waals surface area contributed by atoms with E-state index in [0.29, 0.717) is 12.0 Å². The van der Waals surface area contributed by atoms with E-state index in [-0.39, 0.29) is 18.4 Å². The Kier molecular flexibility index (Phi) is 3.95. The lowest BCUT2D eigenvalue weighted by Crippen LogP contribution is -2.50. The van der Waals surface area contributed by atoms with E-state index < -0.39 is 12.5 Å². The second kappa shape index (κ2) is 5.19. The summed E-state index contributed by atoms with van der Waals surface area (Å²) in [7, 11) is 0. The Morgan fingerprint density at radius 3 is 2.84 bits per heavy atom. The minimum Gasteiger partial charge on any atom is -0.330 e. The molecule has 2 nitrogen and oxygen atoms in total. The van der Waals surface area contributed by atoms with Gasteiger partial charge in [-0.3, -0.25) is 4.79 Å². The molecule has 1 aromatic carbocycles. The molecule has 5 heteroatoms. The summed E-state index contributed by atoms with van der Waals surface area (Å²) in [6, 6.07) is 5.19. The first-order chi connectivity index (χ1) is 8.80. The molecule has 0 saturated carbocycles. The molecule has 0 N–H and O–H groups in total. The van der Waals surface area contributed by atoms with Crippen LogP contribution < -0.4 is 0 Å². The Morgan fingerprint density at radius 1 is 1.47 bits per heavy atom. The van der Waals surface area contributed by atoms with Crippen LogP contribution in [0.2, 0.25) is 0 Å². The van der Waals surface area contributed by atoms with Gasteiger partial charge in [-0.2, -0.15) is 0 Å². The van der Waals surface area contributed by atoms with Crippen molar-refractivity contribution in [2.24, 2.45) is 0 Å². The van der Waals surface area contributed by atoms with Gasteiger partial charge in [0.25, 0.3) is 11.8 Å². The molecule has 2 rings (SSSR count). The number of hydrogen-bond donors (Lipinski definition) is 0. The van der Waals surface area contributed by atoms with E-state index in [2.05, 4.69) is 15.9 Å². The van der Waals surface area contributed by atoms with Gasteiger partial charge in [0, 0.05) is 22.5 Å². The number of rotatable bonds is 1. The molecular weight excluding hydrogens is 316 g/mol. The van der Waals surface area contributed by atoms with Crippen molar-refractivity contribution in [3.8, 4) is 0 Å². The normalized spacial score (nSPS) is 22.4. The molecule has 1 fully saturated rings. The summed E-state index contributed by atoms with van der Waals surface area (Å²) in [6.07, 6.45) is 0.196. The summed E-state index contributed by atoms with van der Waals surface area (Å²) in [6.45, 7) is 3.14. The summed E-state index contributed by atoms with van der Waals surface area (Å²) in [5.41, 5.74) is 1.29. The SMILES string of the molecule is Cc1ccc(Br)cc1C(=O)N1CC(F)(F)CCC1C. The Bertz CT molecular complexity index is 504. The van der Waals surface area contributed by atoms with Gasteiger partial charge in [0.2, 0.25) is 0 Å². The number of likely N-dealkylation sites (tertiary alicyclic amines) is 1. The number of aryl methyl sites for hydroxylation is 1. The first kappa shape index (κ1) is 14.4. The smallest absolute Gasteiger partial charge is 0.265 e. The molecule has 1 aromatic rings. The lowest BCUT2D eigenvalue weighted by atomic mass is 9.98. The highest BCUT2D eigenvalue weighted by Crippen LogP contribution is 2.31. The van der Waals surface area contributed by atoms with Gasteiger partial charge < -0.3 is 4.90 Å². The second-order valence-electron chi connectivity index (χ2n) is 5.14. The highest BCUT2D eigenvalue weighted by Gasteiger charge is 2.40. The average Bonchev–Trinajstić information content (AvgIpc) is 2.34. The minimum atomic E-state index is -2.78. The summed E-state index contributed by atoms with van der Waals surface area (Å²) in [5.74, 6) is -3.09. The number of carbonyl (C=O) groups is 1. The zero-order valence-corrected chi connectivity index (χ0v) is 12.5. The predicted molar refractivity (Wildman–Crippen MR) is 73.6 cm³/mol. The molecule has 1 amide bonds. The topological polar surface area (TPSA) is 20.3 Å². The number of amides is 1. The maximum Gasteiger partial charge on any atom is 0.265 e. The average molecular weight is 332 g/mol. The van der Waals surface area contributed by atoms with Crippen LogP contribution >= 0.6 is 15.9 Å². The van der Waals surface area contributed by atoms with E-state index in [0.717, 1.165) is 10.0 Å². The molecule has 0 radical (unpaired) electrons. The van der Waals surface area contributed by atoms with Crippen LogP contribution in [0.3, 0.4) is 0 Å². The fraction of sp³-hybridized carbons (Fsp3) is 0.500. The first-order valence-electron chi connectivity index (χ1n) is 6.25. The van der Waals surface area contributed by atoms with Crippen LogP contribution in [-0.2, 0) is 0 Å². The van der Waals surface area contributed by atoms with Crippen LogP contribution in [0, 0.1) is 6.92 Å². The van der Waals surface area contributed by atoms with Gasteiger partial charge in [-0.05, 0) is 38.0 Å². The molecule has 104 valence electrons. The number of piperidine rings is 1. The number of hydrogen-bond acceptors (Lipinski definition) is 1. The van der Waals surface area contributed by atoms with E-state index in [1.54, 1.807) is 6.07 Å². The second-order valence-corrected chi connectivity index (χ2v) is 6.05. The first-order valence-corrected chi connectivity index (χ1v) is 7.04. The van der Waals surface area contributed by atoms with Gasteiger partial charge in [-0.1, -0.05) is 22.0 Å². The Balaban J connectivity index is 2.29. The fourth-order valence-corrected chi connectivity index (χ4v) is 2.67. The molecule has 1 aliphatic rings. The lowest BCUT2D eigenvalue weighted by Gasteiger charge is -2.38. The Hall–Kier alpha value is -0.970. The van der Waals surface area contributed by atoms with E-state index in [9.17, 15) is 13.6 Å². The monoisotopic (exact) mass is 331 g/mol. The van der Waals surface area contributed by atoms with Crippen molar-refractivity contribution < 1.29 is 13.6 Å². The Labute approximate surface area is 119 Å². The van der Waals surface area contributed by atoms with Crippen molar-refractivity contribution in [3.63, 3.8) is 0 Å². The van der Waals surface area contributed by atoms with Crippen LogP contribution in [0.25, 0.3) is 0 Å². The van der Waals surface area contributed by atoms with Crippen LogP contribution in [0.5, 0.6) is 0 Å². The molecule has 0 bridgehead atoms. The number of benzene rings is 1. The van der Waals surface area contributed by atoms with Crippen molar-refractivity contribution in [2.45, 2.75) is 38.7 Å². The van der Waals surface area contributed by atoms with Crippen molar-refractivity contribution in [2.75, 3.05) is 6.54 Å². The Morgan fingerprint density at radius 2 is 2.16 bits per heavy atom. The van der Waals surface area contributed by atoms with Crippen LogP contribution in [0.15, 0.2) is 22.7 Å². The van der Waals surface area contributed by atoms with Crippen molar-refractivity contribution in [1.29, 1.82) is 0 Å². The number of carbonyl (C=O) groups excluding carboxylic acids is 1. The summed E-state index contributed by atoms with van der Waals surface area (Å²) < 4.78 is 27.7. The maximum absolute atomic E-state index is 13.5. The molecule has 1 atom stereocenters. The molecule has 1 aliphatic heterocycles. The van der Waals surface area contributed by atoms with Crippen LogP contribution in [-0.4, -0.2) is 29.3 Å². The van der Waals surface area contributed by atoms with E-state index in [1.165, 1.54) is 4.90 Å². The molecule has 0 spiro atoms. The van der Waals surface area contributed by atoms with Crippen molar-refractivity contribution in [3.05, 3.63) is 33.8 Å². The molecule has 1 saturated heterocycles. The third-order valence-corrected chi connectivity index (χ3v) is 4.05. The molecule has 0 aromatic heterocycles. The predicted octanol–water partition coefficient (Wildman–Crippen LogP) is 4.02. The van der Waals surface area contributed by atoms with E-state index >= 15 is 0 Å². The largest absolute Gasteiger partial charge is 0.330 e. The van der Waals surface area contributed by atoms with Gasteiger partial charge in [0.15, 0.2) is 0 Å². The summed E-state index contributed by atoms with van der Waals surface area (Å²) in [4.78, 5) is 13.7. The van der Waals surface area contributed by atoms with Crippen molar-refractivity contribution in [1.82, 2.24) is 4.90 Å². The number of alkyl halides is 2. The zero-order chi connectivity index (χ0) is 14.2. The van der Waals surface area contributed by atoms with Gasteiger partial charge in [0.05, 0.1) is 6.54 Å². The van der Waals surface area contributed by atoms with E-state index in [1.807, 2.05) is 26.0 Å². The lowest BCUT2D eigenvalue weighted by molar-refractivity contribution is -0.0695. The van der Waals surface area contributed by atoms with Gasteiger partial charge in [-0.25, -0.2) is 8.78 Å². The maximum atomic E-state index is 13.5. The third-order valence-electron chi connectivity index (χ3n) is 3.55. The highest BCUT2D eigenvalue weighted by molar-refractivity contribution is 9.10. The molecule has 19 heavy (non-hydrogen) atoms. The molecule has 1 unspecified atom stereocenters. The number of halogens is 3. The quantitative estimate of drug-likeness (QED) is 0.761. The molecule has 0 aliphatic carbocycles. The standard InChI is InChI=1S/C14H16BrF2NO/c1-9-3-4-11(15)7-12(9)13(19)18-8-14(16,17)6-5-10(18)2/h3-4,7,10H,5-6,8H2,1-2H3. The summed E-state index contributed by atoms with van der Waals surface area (Å²) in [5, 5.41) is 0. The van der Waals surface area contributed by atoms with Crippen molar-refractivity contribution >= 4 is 21.8 Å². The van der Waals surface area contributed by atoms with Crippen LogP contribution in [0.1, 0.15) is 35.7 Å². The van der Waals surface area contributed by atoms with Gasteiger partial charge in [-0.15, -0.1) is 0 Å². The number of nitrogens with zero attached hydrogens (tertiary/aromatic N) is 1. The molecular formula is C14H16BrF2NO. The third kappa shape index (κ3) is 3.14. The highest BCUT2D eigenvalue weighted by atomic mass is 79.9. The minimum absolute atomic E-state index is 0.143. The van der Waals surface area contributed by atoms with E-state index in [4.69, 9.17) is 0 Å².